The SMILES string of the molecule is CCCCC/C=C\C/C=C\CCCCCCCC(=O)OCCCCCCCCCCCCC/C=C\C/C=C\CCCCCCCCCCCCCCCCCCCC(=O)NC(CO)C(O)/C=C/CCCCCCCCCCCCC. The first-order valence-corrected chi connectivity index (χ1v) is 35.6. The Hall–Kier alpha value is -2.44. The van der Waals surface area contributed by atoms with E-state index in [1.54, 1.807) is 6.08 Å². The minimum absolute atomic E-state index is 0.00226. The molecule has 0 aromatic carbocycles. The van der Waals surface area contributed by atoms with E-state index in [0.29, 0.717) is 19.4 Å². The second-order valence-corrected chi connectivity index (χ2v) is 24.2. The highest BCUT2D eigenvalue weighted by molar-refractivity contribution is 5.76. The lowest BCUT2D eigenvalue weighted by Crippen LogP contribution is -2.45. The van der Waals surface area contributed by atoms with Crippen LogP contribution in [0.1, 0.15) is 373 Å². The molecular weight excluding hydrogens is 983 g/mol. The fraction of sp³-hybridized carbons (Fsp3) is 0.838. The highest BCUT2D eigenvalue weighted by atomic mass is 16.5. The van der Waals surface area contributed by atoms with Crippen LogP contribution >= 0.6 is 0 Å². The summed E-state index contributed by atoms with van der Waals surface area (Å²) in [5.41, 5.74) is 0. The van der Waals surface area contributed by atoms with Crippen LogP contribution in [0.25, 0.3) is 0 Å². The third-order valence-corrected chi connectivity index (χ3v) is 16.3. The second kappa shape index (κ2) is 69.1. The number of nitrogens with one attached hydrogen (secondary N) is 1. The summed E-state index contributed by atoms with van der Waals surface area (Å²) in [7, 11) is 0. The number of hydrogen-bond acceptors (Lipinski definition) is 5. The van der Waals surface area contributed by atoms with Gasteiger partial charge >= 0.3 is 5.97 Å². The van der Waals surface area contributed by atoms with Crippen molar-refractivity contribution in [2.45, 2.75) is 386 Å². The molecule has 1 amide bonds. The van der Waals surface area contributed by atoms with Crippen molar-refractivity contribution in [2.24, 2.45) is 0 Å². The van der Waals surface area contributed by atoms with E-state index < -0.39 is 12.1 Å². The average Bonchev–Trinajstić information content (AvgIpc) is 3.46. The summed E-state index contributed by atoms with van der Waals surface area (Å²) >= 11 is 0. The standard InChI is InChI=1S/C74H137NO5/c1-3-5-7-9-11-13-15-17-39-44-48-52-56-60-64-68-74(79)80-69-65-61-57-53-49-45-41-38-36-34-32-30-28-26-24-22-20-18-19-21-23-25-27-29-31-33-35-37-40-43-47-51-55-59-63-67-73(78)75-71(70-76)72(77)66-62-58-54-50-46-42-16-14-12-10-8-6-4-2/h11,13,17,20,22,26,28,39,62,66,71-72,76-77H,3-10,12,14-16,18-19,21,23-25,27,29-38,40-61,63-65,67-70H2,1-2H3,(H,75,78)/b13-11-,22-20-,28-26-,39-17-,66-62+. The smallest absolute Gasteiger partial charge is 0.305 e. The van der Waals surface area contributed by atoms with Crippen LogP contribution in [-0.4, -0.2) is 47.4 Å². The van der Waals surface area contributed by atoms with Crippen molar-refractivity contribution in [1.29, 1.82) is 0 Å². The van der Waals surface area contributed by atoms with Crippen molar-refractivity contribution in [1.82, 2.24) is 5.32 Å². The summed E-state index contributed by atoms with van der Waals surface area (Å²) in [5, 5.41) is 23.1. The molecule has 0 aliphatic heterocycles. The Morgan fingerprint density at radius 2 is 0.625 bits per heavy atom. The average molecular weight is 1120 g/mol. The predicted octanol–water partition coefficient (Wildman–Crippen LogP) is 23.0. The summed E-state index contributed by atoms with van der Waals surface area (Å²) in [4.78, 5) is 24.5. The molecule has 0 bridgehead atoms. The van der Waals surface area contributed by atoms with Crippen LogP contribution in [0.5, 0.6) is 0 Å². The van der Waals surface area contributed by atoms with Crippen molar-refractivity contribution in [3.05, 3.63) is 60.8 Å². The van der Waals surface area contributed by atoms with Crippen molar-refractivity contribution in [2.75, 3.05) is 13.2 Å². The van der Waals surface area contributed by atoms with Gasteiger partial charge in [-0.25, -0.2) is 0 Å². The zero-order valence-corrected chi connectivity index (χ0v) is 53.6. The molecule has 0 aliphatic carbocycles. The Kier molecular flexibility index (Phi) is 66.9. The van der Waals surface area contributed by atoms with Crippen LogP contribution in [0.15, 0.2) is 60.8 Å². The molecule has 0 rings (SSSR count). The van der Waals surface area contributed by atoms with Crippen LogP contribution < -0.4 is 5.32 Å². The van der Waals surface area contributed by atoms with Gasteiger partial charge in [-0.1, -0.05) is 325 Å². The third-order valence-electron chi connectivity index (χ3n) is 16.3. The first-order valence-electron chi connectivity index (χ1n) is 35.6. The molecule has 6 nitrogen and oxygen atoms in total. The van der Waals surface area contributed by atoms with E-state index in [0.717, 1.165) is 57.8 Å². The van der Waals surface area contributed by atoms with Gasteiger partial charge < -0.3 is 20.3 Å². The monoisotopic (exact) mass is 1120 g/mol. The van der Waals surface area contributed by atoms with Crippen molar-refractivity contribution >= 4 is 11.9 Å². The maximum absolute atomic E-state index is 12.5. The molecule has 0 radical (unpaired) electrons. The number of aliphatic hydroxyl groups is 2. The molecule has 0 saturated heterocycles. The van der Waals surface area contributed by atoms with Crippen LogP contribution in [0.3, 0.4) is 0 Å². The number of ether oxygens (including phenoxy) is 1. The van der Waals surface area contributed by atoms with Gasteiger partial charge in [-0.15, -0.1) is 0 Å². The Balaban J connectivity index is 3.38. The largest absolute Gasteiger partial charge is 0.466 e. The number of allylic oxidation sites excluding steroid dienone is 9. The summed E-state index contributed by atoms with van der Waals surface area (Å²) in [6.45, 7) is 4.88. The van der Waals surface area contributed by atoms with Gasteiger partial charge in [-0.3, -0.25) is 9.59 Å². The lowest BCUT2D eigenvalue weighted by Gasteiger charge is -2.20. The number of hydrogen-bond donors (Lipinski definition) is 3. The summed E-state index contributed by atoms with van der Waals surface area (Å²) in [5.74, 6) is -0.0628. The number of carbonyl (C=O) groups is 2. The number of esters is 1. The maximum Gasteiger partial charge on any atom is 0.305 e. The zero-order chi connectivity index (χ0) is 57.8. The predicted molar refractivity (Wildman–Crippen MR) is 352 cm³/mol. The van der Waals surface area contributed by atoms with E-state index in [1.165, 1.54) is 289 Å². The molecule has 0 aromatic heterocycles. The van der Waals surface area contributed by atoms with Crippen LogP contribution in [-0.2, 0) is 14.3 Å². The molecule has 468 valence electrons. The van der Waals surface area contributed by atoms with Crippen LogP contribution in [0.4, 0.5) is 0 Å². The lowest BCUT2D eigenvalue weighted by atomic mass is 10.0. The summed E-state index contributed by atoms with van der Waals surface area (Å²) in [6, 6.07) is -0.626. The minimum atomic E-state index is -0.843. The molecule has 80 heavy (non-hydrogen) atoms. The van der Waals surface area contributed by atoms with Gasteiger partial charge in [0.05, 0.1) is 25.4 Å². The van der Waals surface area contributed by atoms with E-state index in [-0.39, 0.29) is 18.5 Å². The Morgan fingerprint density at radius 3 is 0.975 bits per heavy atom. The quantitative estimate of drug-likeness (QED) is 0.0320. The fourth-order valence-electron chi connectivity index (χ4n) is 10.8. The van der Waals surface area contributed by atoms with Crippen LogP contribution in [0, 0.1) is 0 Å². The molecule has 3 N–H and O–H groups in total. The number of unbranched alkanes of at least 4 members (excludes halogenated alkanes) is 47. The molecule has 0 spiro atoms. The summed E-state index contributed by atoms with van der Waals surface area (Å²) < 4.78 is 5.48. The Morgan fingerprint density at radius 1 is 0.350 bits per heavy atom. The lowest BCUT2D eigenvalue weighted by molar-refractivity contribution is -0.143. The molecular formula is C74H137NO5. The van der Waals surface area contributed by atoms with Crippen LogP contribution in [0.2, 0.25) is 0 Å². The highest BCUT2D eigenvalue weighted by Gasteiger charge is 2.18. The van der Waals surface area contributed by atoms with E-state index in [1.807, 2.05) is 6.08 Å². The number of amides is 1. The van der Waals surface area contributed by atoms with Crippen molar-refractivity contribution in [3.63, 3.8) is 0 Å². The van der Waals surface area contributed by atoms with Gasteiger partial charge in [0, 0.05) is 12.8 Å². The third kappa shape index (κ3) is 64.7. The maximum atomic E-state index is 12.5. The van der Waals surface area contributed by atoms with E-state index in [4.69, 9.17) is 4.74 Å². The minimum Gasteiger partial charge on any atom is -0.466 e. The molecule has 0 heterocycles. The van der Waals surface area contributed by atoms with E-state index >= 15 is 0 Å². The van der Waals surface area contributed by atoms with Gasteiger partial charge in [0.1, 0.15) is 0 Å². The Bertz CT molecular complexity index is 1380. The molecule has 0 aromatic rings. The molecule has 2 atom stereocenters. The number of rotatable bonds is 66. The van der Waals surface area contributed by atoms with Gasteiger partial charge in [-0.2, -0.15) is 0 Å². The summed E-state index contributed by atoms with van der Waals surface area (Å²) in [6.07, 6.45) is 91.7. The molecule has 0 fully saturated rings. The molecule has 0 aliphatic rings. The first-order chi connectivity index (χ1) is 39.5. The Labute approximate surface area is 499 Å². The molecule has 0 saturated carbocycles. The second-order valence-electron chi connectivity index (χ2n) is 24.2. The van der Waals surface area contributed by atoms with E-state index in [9.17, 15) is 19.8 Å². The molecule has 6 heteroatoms. The van der Waals surface area contributed by atoms with Crippen molar-refractivity contribution < 1.29 is 24.5 Å². The fourth-order valence-corrected chi connectivity index (χ4v) is 10.8. The normalized spacial score (nSPS) is 12.9. The van der Waals surface area contributed by atoms with Gasteiger partial charge in [0.15, 0.2) is 0 Å². The van der Waals surface area contributed by atoms with Gasteiger partial charge in [-0.05, 0) is 96.3 Å². The van der Waals surface area contributed by atoms with E-state index in [2.05, 4.69) is 67.8 Å². The number of carbonyl (C=O) groups excluding carboxylic acids is 2. The number of aliphatic hydroxyl groups excluding tert-OH is 2. The molecule has 2 unspecified atom stereocenters. The first kappa shape index (κ1) is 77.6. The zero-order valence-electron chi connectivity index (χ0n) is 53.6. The topological polar surface area (TPSA) is 95.9 Å². The van der Waals surface area contributed by atoms with Crippen molar-refractivity contribution in [3.8, 4) is 0 Å². The highest BCUT2D eigenvalue weighted by Crippen LogP contribution is 2.18. The van der Waals surface area contributed by atoms with Gasteiger partial charge in [0.2, 0.25) is 5.91 Å². The van der Waals surface area contributed by atoms with Gasteiger partial charge in [0.25, 0.3) is 0 Å².